The molecule has 0 atom stereocenters. The van der Waals surface area contributed by atoms with Gasteiger partial charge in [-0.3, -0.25) is 4.79 Å². The molecule has 0 N–H and O–H groups in total. The van der Waals surface area contributed by atoms with Crippen molar-refractivity contribution in [3.63, 3.8) is 0 Å². The van der Waals surface area contributed by atoms with E-state index in [0.29, 0.717) is 6.61 Å². The molecule has 0 bridgehead atoms. The van der Waals surface area contributed by atoms with Gasteiger partial charge in [-0.2, -0.15) is 0 Å². The Morgan fingerprint density at radius 3 is 2.58 bits per heavy atom. The van der Waals surface area contributed by atoms with Crippen LogP contribution in [0.1, 0.15) is 18.2 Å². The van der Waals surface area contributed by atoms with E-state index in [2.05, 4.69) is 0 Å². The molecule has 3 rings (SSSR count). The summed E-state index contributed by atoms with van der Waals surface area (Å²) in [7, 11) is 1.63. The first-order valence-electron chi connectivity index (χ1n) is 7.90. The molecule has 0 aliphatic carbocycles. The van der Waals surface area contributed by atoms with Gasteiger partial charge in [0.25, 0.3) is 0 Å². The van der Waals surface area contributed by atoms with E-state index in [-0.39, 0.29) is 12.4 Å². The van der Waals surface area contributed by atoms with Gasteiger partial charge >= 0.3 is 5.97 Å². The van der Waals surface area contributed by atoms with Gasteiger partial charge in [0.2, 0.25) is 0 Å². The number of esters is 1. The van der Waals surface area contributed by atoms with Crippen LogP contribution < -0.4 is 4.74 Å². The summed E-state index contributed by atoms with van der Waals surface area (Å²) in [6, 6.07) is 11.6. The molecule has 0 aliphatic rings. The summed E-state index contributed by atoms with van der Waals surface area (Å²) in [6.07, 6.45) is 2.17. The molecule has 124 valence electrons. The van der Waals surface area contributed by atoms with Gasteiger partial charge in [0.05, 0.1) is 31.5 Å². The molecule has 0 saturated heterocycles. The lowest BCUT2D eigenvalue weighted by Crippen LogP contribution is -2.10. The number of rotatable bonds is 5. The molecule has 0 unspecified atom stereocenters. The normalized spacial score (nSPS) is 10.8. The van der Waals surface area contributed by atoms with Crippen LogP contribution in [0.4, 0.5) is 0 Å². The van der Waals surface area contributed by atoms with Crippen LogP contribution in [0.5, 0.6) is 5.75 Å². The van der Waals surface area contributed by atoms with Crippen LogP contribution in [-0.4, -0.2) is 29.1 Å². The van der Waals surface area contributed by atoms with Crippen LogP contribution in [0.2, 0.25) is 0 Å². The van der Waals surface area contributed by atoms with Crippen molar-refractivity contribution in [2.45, 2.75) is 20.3 Å². The predicted molar refractivity (Wildman–Crippen MR) is 92.3 cm³/mol. The molecule has 0 radical (unpaired) electrons. The van der Waals surface area contributed by atoms with Gasteiger partial charge in [-0.25, -0.2) is 4.98 Å². The lowest BCUT2D eigenvalue weighted by atomic mass is 10.1. The maximum atomic E-state index is 12.0. The van der Waals surface area contributed by atoms with Crippen LogP contribution in [-0.2, 0) is 16.0 Å². The van der Waals surface area contributed by atoms with Crippen LogP contribution in [0, 0.1) is 6.92 Å². The number of aromatic nitrogens is 2. The fourth-order valence-corrected chi connectivity index (χ4v) is 2.70. The van der Waals surface area contributed by atoms with E-state index in [1.54, 1.807) is 14.0 Å². The number of ether oxygens (including phenoxy) is 2. The Morgan fingerprint density at radius 1 is 1.17 bits per heavy atom. The number of fused-ring (bicyclic) bond motifs is 1. The minimum Gasteiger partial charge on any atom is -0.497 e. The maximum absolute atomic E-state index is 12.0. The smallest absolute Gasteiger partial charge is 0.311 e. The van der Waals surface area contributed by atoms with Crippen molar-refractivity contribution in [1.82, 2.24) is 9.38 Å². The second-order valence-corrected chi connectivity index (χ2v) is 5.55. The summed E-state index contributed by atoms with van der Waals surface area (Å²) < 4.78 is 12.3. The van der Waals surface area contributed by atoms with Crippen molar-refractivity contribution in [1.29, 1.82) is 0 Å². The fourth-order valence-electron chi connectivity index (χ4n) is 2.70. The number of hydrogen-bond donors (Lipinski definition) is 0. The quantitative estimate of drug-likeness (QED) is 0.675. The van der Waals surface area contributed by atoms with E-state index >= 15 is 0 Å². The van der Waals surface area contributed by atoms with Crippen LogP contribution >= 0.6 is 0 Å². The molecule has 0 spiro atoms. The number of nitrogens with zero attached hydrogens (tertiary/aromatic N) is 2. The van der Waals surface area contributed by atoms with Crippen LogP contribution in [0.15, 0.2) is 42.6 Å². The van der Waals surface area contributed by atoms with Crippen LogP contribution in [0.3, 0.4) is 0 Å². The third-order valence-corrected chi connectivity index (χ3v) is 3.85. The number of carbonyl (C=O) groups excluding carboxylic acids is 1. The summed E-state index contributed by atoms with van der Waals surface area (Å²) in [6.45, 7) is 4.19. The molecule has 1 aromatic carbocycles. The highest BCUT2D eigenvalue weighted by Gasteiger charge is 2.17. The largest absolute Gasteiger partial charge is 0.497 e. The van der Waals surface area contributed by atoms with Crippen molar-refractivity contribution in [2.75, 3.05) is 13.7 Å². The first-order valence-corrected chi connectivity index (χ1v) is 7.90. The topological polar surface area (TPSA) is 52.8 Å². The van der Waals surface area contributed by atoms with Crippen molar-refractivity contribution >= 4 is 11.6 Å². The molecule has 2 heterocycles. The molecule has 0 saturated carbocycles. The molecule has 24 heavy (non-hydrogen) atoms. The number of carbonyl (C=O) groups is 1. The molecule has 5 nitrogen and oxygen atoms in total. The van der Waals surface area contributed by atoms with Crippen LogP contribution in [0.25, 0.3) is 16.9 Å². The Bertz CT molecular complexity index is 866. The highest BCUT2D eigenvalue weighted by molar-refractivity contribution is 5.77. The maximum Gasteiger partial charge on any atom is 0.311 e. The first kappa shape index (κ1) is 16.1. The SMILES string of the molecule is CCOC(=O)Cc1c(-c2ccc(OC)cc2)nc2ccc(C)cn12. The Kier molecular flexibility index (Phi) is 4.51. The zero-order chi connectivity index (χ0) is 17.1. The van der Waals surface area contributed by atoms with E-state index in [1.165, 1.54) is 0 Å². The molecular weight excluding hydrogens is 304 g/mol. The van der Waals surface area contributed by atoms with E-state index < -0.39 is 0 Å². The van der Waals surface area contributed by atoms with Gasteiger partial charge in [-0.1, -0.05) is 6.07 Å². The highest BCUT2D eigenvalue weighted by Crippen LogP contribution is 2.27. The molecule has 0 amide bonds. The Hall–Kier alpha value is -2.82. The number of imidazole rings is 1. The Labute approximate surface area is 140 Å². The van der Waals surface area contributed by atoms with Crippen molar-refractivity contribution in [2.24, 2.45) is 0 Å². The first-order chi connectivity index (χ1) is 11.6. The number of aryl methyl sites for hydroxylation is 1. The van der Waals surface area contributed by atoms with E-state index in [0.717, 1.165) is 33.9 Å². The second-order valence-electron chi connectivity index (χ2n) is 5.55. The third kappa shape index (κ3) is 3.11. The van der Waals surface area contributed by atoms with Gasteiger partial charge in [0.1, 0.15) is 11.4 Å². The summed E-state index contributed by atoms with van der Waals surface area (Å²) in [5, 5.41) is 0. The number of hydrogen-bond acceptors (Lipinski definition) is 4. The second kappa shape index (κ2) is 6.74. The van der Waals surface area contributed by atoms with E-state index in [4.69, 9.17) is 14.5 Å². The lowest BCUT2D eigenvalue weighted by molar-refractivity contribution is -0.142. The van der Waals surface area contributed by atoms with Gasteiger partial charge in [0.15, 0.2) is 0 Å². The number of pyridine rings is 1. The van der Waals surface area contributed by atoms with Gasteiger partial charge in [-0.15, -0.1) is 0 Å². The van der Waals surface area contributed by atoms with Crippen molar-refractivity contribution < 1.29 is 14.3 Å². The van der Waals surface area contributed by atoms with Gasteiger partial charge < -0.3 is 13.9 Å². The Morgan fingerprint density at radius 2 is 1.92 bits per heavy atom. The zero-order valence-electron chi connectivity index (χ0n) is 14.1. The van der Waals surface area contributed by atoms with Crippen molar-refractivity contribution in [3.8, 4) is 17.0 Å². The molecular formula is C19H20N2O3. The van der Waals surface area contributed by atoms with Gasteiger partial charge in [0, 0.05) is 11.8 Å². The lowest BCUT2D eigenvalue weighted by Gasteiger charge is -2.07. The molecule has 0 aliphatic heterocycles. The zero-order valence-corrected chi connectivity index (χ0v) is 14.1. The summed E-state index contributed by atoms with van der Waals surface area (Å²) in [5.74, 6) is 0.529. The molecule has 3 aromatic rings. The fraction of sp³-hybridized carbons (Fsp3) is 0.263. The number of methoxy groups -OCH3 is 1. The predicted octanol–water partition coefficient (Wildman–Crippen LogP) is 3.42. The molecule has 5 heteroatoms. The minimum atomic E-state index is -0.254. The Balaban J connectivity index is 2.12. The number of benzene rings is 1. The monoisotopic (exact) mass is 324 g/mol. The average molecular weight is 324 g/mol. The summed E-state index contributed by atoms with van der Waals surface area (Å²) in [4.78, 5) is 16.7. The summed E-state index contributed by atoms with van der Waals surface area (Å²) >= 11 is 0. The molecule has 0 fully saturated rings. The highest BCUT2D eigenvalue weighted by atomic mass is 16.5. The minimum absolute atomic E-state index is 0.180. The van der Waals surface area contributed by atoms with E-state index in [1.807, 2.05) is 53.9 Å². The van der Waals surface area contributed by atoms with E-state index in [9.17, 15) is 4.79 Å². The molecule has 2 aromatic heterocycles. The average Bonchev–Trinajstić information content (AvgIpc) is 2.93. The van der Waals surface area contributed by atoms with Crippen molar-refractivity contribution in [3.05, 3.63) is 53.9 Å². The van der Waals surface area contributed by atoms with Gasteiger partial charge in [-0.05, 0) is 49.7 Å². The standard InChI is InChI=1S/C19H20N2O3/c1-4-24-18(22)11-16-19(14-6-8-15(23-3)9-7-14)20-17-10-5-13(2)12-21(16)17/h5-10,12H,4,11H2,1-3H3. The third-order valence-electron chi connectivity index (χ3n) is 3.85. The summed E-state index contributed by atoms with van der Waals surface area (Å²) in [5.41, 5.74) is 4.47.